The first-order chi connectivity index (χ1) is 7.86. The van der Waals surface area contributed by atoms with Crippen molar-refractivity contribution in [3.05, 3.63) is 41.5 Å². The Morgan fingerprint density at radius 3 is 2.69 bits per heavy atom. The van der Waals surface area contributed by atoms with Gasteiger partial charge in [-0.25, -0.2) is 0 Å². The largest absolute Gasteiger partial charge is 0.313 e. The smallest absolute Gasteiger partial charge is 0.0991 e. The molecular formula is C13H15FN2. The zero-order valence-corrected chi connectivity index (χ0v) is 9.12. The summed E-state index contributed by atoms with van der Waals surface area (Å²) < 4.78 is 11.8. The zero-order valence-electron chi connectivity index (χ0n) is 9.12. The average molecular weight is 218 g/mol. The molecule has 0 saturated carbocycles. The number of hydrogen-bond acceptors (Lipinski definition) is 2. The van der Waals surface area contributed by atoms with E-state index in [9.17, 15) is 4.39 Å². The Bertz CT molecular complexity index is 363. The molecule has 16 heavy (non-hydrogen) atoms. The Kier molecular flexibility index (Phi) is 5.90. The maximum atomic E-state index is 11.8. The molecule has 0 fully saturated rings. The van der Waals surface area contributed by atoms with Gasteiger partial charge in [-0.15, -0.1) is 0 Å². The van der Waals surface area contributed by atoms with E-state index in [-0.39, 0.29) is 6.67 Å². The van der Waals surface area contributed by atoms with Crippen molar-refractivity contribution in [2.45, 2.75) is 6.42 Å². The molecule has 0 amide bonds. The minimum atomic E-state index is -0.271. The van der Waals surface area contributed by atoms with E-state index in [1.54, 1.807) is 12.1 Å². The van der Waals surface area contributed by atoms with Crippen LogP contribution < -0.4 is 5.32 Å². The van der Waals surface area contributed by atoms with Gasteiger partial charge in [0.2, 0.25) is 0 Å². The average Bonchev–Trinajstić information content (AvgIpc) is 2.34. The van der Waals surface area contributed by atoms with E-state index in [0.717, 1.165) is 12.1 Å². The lowest BCUT2D eigenvalue weighted by atomic mass is 10.1. The van der Waals surface area contributed by atoms with E-state index in [4.69, 9.17) is 5.26 Å². The molecular weight excluding hydrogens is 203 g/mol. The lowest BCUT2D eigenvalue weighted by Crippen LogP contribution is -2.15. The van der Waals surface area contributed by atoms with Gasteiger partial charge in [0.15, 0.2) is 0 Å². The first-order valence-corrected chi connectivity index (χ1v) is 5.30. The van der Waals surface area contributed by atoms with Gasteiger partial charge in [0.1, 0.15) is 0 Å². The van der Waals surface area contributed by atoms with Crippen LogP contribution in [0.5, 0.6) is 0 Å². The Morgan fingerprint density at radius 2 is 2.06 bits per heavy atom. The second kappa shape index (κ2) is 7.61. The molecule has 0 unspecified atom stereocenters. The molecule has 0 aromatic heterocycles. The fourth-order valence-electron chi connectivity index (χ4n) is 1.24. The first kappa shape index (κ1) is 12.4. The first-order valence-electron chi connectivity index (χ1n) is 5.30. The highest BCUT2D eigenvalue weighted by Crippen LogP contribution is 2.04. The highest BCUT2D eigenvalue weighted by molar-refractivity contribution is 5.50. The summed E-state index contributed by atoms with van der Waals surface area (Å²) >= 11 is 0. The molecule has 0 radical (unpaired) electrons. The summed E-state index contributed by atoms with van der Waals surface area (Å²) in [7, 11) is 0. The minimum absolute atomic E-state index is 0.271. The molecule has 0 bridgehead atoms. The summed E-state index contributed by atoms with van der Waals surface area (Å²) in [6.45, 7) is 1.17. The van der Waals surface area contributed by atoms with Crippen molar-refractivity contribution in [1.29, 1.82) is 5.26 Å². The number of rotatable bonds is 6. The number of nitrogens with one attached hydrogen (secondary N) is 1. The predicted octanol–water partition coefficient (Wildman–Crippen LogP) is 2.52. The minimum Gasteiger partial charge on any atom is -0.313 e. The van der Waals surface area contributed by atoms with Crippen molar-refractivity contribution in [3.63, 3.8) is 0 Å². The third-order valence-electron chi connectivity index (χ3n) is 2.10. The molecule has 0 heterocycles. The number of nitriles is 1. The number of halogens is 1. The van der Waals surface area contributed by atoms with Gasteiger partial charge in [-0.1, -0.05) is 24.3 Å². The van der Waals surface area contributed by atoms with E-state index in [1.807, 2.05) is 24.3 Å². The summed E-state index contributed by atoms with van der Waals surface area (Å²) in [5.74, 6) is 0. The summed E-state index contributed by atoms with van der Waals surface area (Å²) in [4.78, 5) is 0. The molecule has 1 aromatic rings. The van der Waals surface area contributed by atoms with Gasteiger partial charge in [-0.3, -0.25) is 4.39 Å². The van der Waals surface area contributed by atoms with Crippen LogP contribution in [0.3, 0.4) is 0 Å². The van der Waals surface area contributed by atoms with Crippen LogP contribution in [0, 0.1) is 11.3 Å². The van der Waals surface area contributed by atoms with E-state index in [1.165, 1.54) is 0 Å². The Hall–Kier alpha value is -1.66. The second-order valence-corrected chi connectivity index (χ2v) is 3.38. The highest BCUT2D eigenvalue weighted by Gasteiger charge is 1.89. The SMILES string of the molecule is N#Cc1ccc(/C=C/CNCCCF)cc1. The van der Waals surface area contributed by atoms with Crippen molar-refractivity contribution in [2.75, 3.05) is 19.8 Å². The van der Waals surface area contributed by atoms with Gasteiger partial charge in [0.05, 0.1) is 18.3 Å². The van der Waals surface area contributed by atoms with Gasteiger partial charge in [0, 0.05) is 6.54 Å². The fraction of sp³-hybridized carbons (Fsp3) is 0.308. The van der Waals surface area contributed by atoms with Crippen LogP contribution in [0.2, 0.25) is 0 Å². The molecule has 1 rings (SSSR count). The van der Waals surface area contributed by atoms with E-state index in [0.29, 0.717) is 18.5 Å². The molecule has 3 heteroatoms. The van der Waals surface area contributed by atoms with Gasteiger partial charge < -0.3 is 5.32 Å². The molecule has 0 atom stereocenters. The zero-order chi connectivity index (χ0) is 11.6. The van der Waals surface area contributed by atoms with Gasteiger partial charge in [-0.05, 0) is 30.7 Å². The normalized spacial score (nSPS) is 10.5. The number of hydrogen-bond donors (Lipinski definition) is 1. The topological polar surface area (TPSA) is 35.8 Å². The third kappa shape index (κ3) is 4.72. The summed E-state index contributed by atoms with van der Waals surface area (Å²) in [6, 6.07) is 9.45. The summed E-state index contributed by atoms with van der Waals surface area (Å²) in [6.07, 6.45) is 4.52. The molecule has 84 valence electrons. The van der Waals surface area contributed by atoms with Crippen molar-refractivity contribution < 1.29 is 4.39 Å². The maximum Gasteiger partial charge on any atom is 0.0991 e. The predicted molar refractivity (Wildman–Crippen MR) is 63.7 cm³/mol. The Morgan fingerprint density at radius 1 is 1.31 bits per heavy atom. The lowest BCUT2D eigenvalue weighted by Gasteiger charge is -1.97. The summed E-state index contributed by atoms with van der Waals surface area (Å²) in [5, 5.41) is 11.7. The fourth-order valence-corrected chi connectivity index (χ4v) is 1.24. The second-order valence-electron chi connectivity index (χ2n) is 3.38. The van der Waals surface area contributed by atoms with Crippen LogP contribution in [0.15, 0.2) is 30.3 Å². The molecule has 1 aromatic carbocycles. The highest BCUT2D eigenvalue weighted by atomic mass is 19.1. The van der Waals surface area contributed by atoms with Crippen LogP contribution in [0.4, 0.5) is 4.39 Å². The molecule has 0 spiro atoms. The lowest BCUT2D eigenvalue weighted by molar-refractivity contribution is 0.464. The van der Waals surface area contributed by atoms with Crippen molar-refractivity contribution >= 4 is 6.08 Å². The van der Waals surface area contributed by atoms with Gasteiger partial charge in [0.25, 0.3) is 0 Å². The van der Waals surface area contributed by atoms with E-state index < -0.39 is 0 Å². The van der Waals surface area contributed by atoms with E-state index >= 15 is 0 Å². The van der Waals surface area contributed by atoms with Crippen LogP contribution in [-0.2, 0) is 0 Å². The molecule has 0 aliphatic carbocycles. The van der Waals surface area contributed by atoms with Crippen molar-refractivity contribution in [1.82, 2.24) is 5.32 Å². The Balaban J connectivity index is 2.30. The number of alkyl halides is 1. The molecule has 0 aliphatic heterocycles. The number of nitrogens with zero attached hydrogens (tertiary/aromatic N) is 1. The standard InChI is InChI=1S/C13H15FN2/c14-8-2-10-16-9-1-3-12-4-6-13(11-15)7-5-12/h1,3-7,16H,2,8-10H2/b3-1+. The number of benzene rings is 1. The maximum absolute atomic E-state index is 11.8. The van der Waals surface area contributed by atoms with Gasteiger partial charge >= 0.3 is 0 Å². The van der Waals surface area contributed by atoms with E-state index in [2.05, 4.69) is 11.4 Å². The van der Waals surface area contributed by atoms with Crippen LogP contribution in [-0.4, -0.2) is 19.8 Å². The quantitative estimate of drug-likeness (QED) is 0.745. The molecule has 2 nitrogen and oxygen atoms in total. The van der Waals surface area contributed by atoms with Gasteiger partial charge in [-0.2, -0.15) is 5.26 Å². The monoisotopic (exact) mass is 218 g/mol. The molecule has 0 saturated heterocycles. The third-order valence-corrected chi connectivity index (χ3v) is 2.10. The molecule has 0 aliphatic rings. The van der Waals surface area contributed by atoms with Crippen molar-refractivity contribution in [3.8, 4) is 6.07 Å². The summed E-state index contributed by atoms with van der Waals surface area (Å²) in [5.41, 5.74) is 1.73. The van der Waals surface area contributed by atoms with Crippen molar-refractivity contribution in [2.24, 2.45) is 0 Å². The Labute approximate surface area is 95.4 Å². The van der Waals surface area contributed by atoms with Crippen LogP contribution in [0.25, 0.3) is 6.08 Å². The molecule has 1 N–H and O–H groups in total. The van der Waals surface area contributed by atoms with Crippen LogP contribution in [0.1, 0.15) is 17.5 Å². The van der Waals surface area contributed by atoms with Crippen LogP contribution >= 0.6 is 0 Å².